The molecular formula is C56H54N8O13. The topological polar surface area (TPSA) is 253 Å². The monoisotopic (exact) mass is 1050 g/mol. The van der Waals surface area contributed by atoms with Gasteiger partial charge in [-0.2, -0.15) is 0 Å². The molecule has 0 spiro atoms. The van der Waals surface area contributed by atoms with Crippen molar-refractivity contribution in [3.05, 3.63) is 130 Å². The molecule has 77 heavy (non-hydrogen) atoms. The smallest absolute Gasteiger partial charge is 0.334 e. The van der Waals surface area contributed by atoms with Crippen LogP contribution in [0.25, 0.3) is 0 Å². The molecule has 0 saturated carbocycles. The maximum Gasteiger partial charge on any atom is 0.334 e. The number of hydrogen-bond acceptors (Lipinski definition) is 15. The van der Waals surface area contributed by atoms with Gasteiger partial charge in [-0.25, -0.2) is 4.79 Å². The number of nitrogens with one attached hydrogen (secondary N) is 4. The van der Waals surface area contributed by atoms with E-state index in [4.69, 9.17) is 28.8 Å². The number of para-hydroxylation sites is 2. The summed E-state index contributed by atoms with van der Waals surface area (Å²) >= 11 is 0. The van der Waals surface area contributed by atoms with Crippen LogP contribution in [0.5, 0.6) is 23.0 Å². The first-order chi connectivity index (χ1) is 37.2. The third-order valence-electron chi connectivity index (χ3n) is 13.9. The van der Waals surface area contributed by atoms with Gasteiger partial charge in [0.15, 0.2) is 23.0 Å². The highest BCUT2D eigenvalue weighted by Crippen LogP contribution is 2.43. The van der Waals surface area contributed by atoms with Crippen molar-refractivity contribution >= 4 is 76.3 Å². The predicted molar refractivity (Wildman–Crippen MR) is 279 cm³/mol. The zero-order valence-electron chi connectivity index (χ0n) is 42.5. The second-order valence-corrected chi connectivity index (χ2v) is 19.1. The molecule has 5 aromatic carbocycles. The molecule has 7 amide bonds. The lowest BCUT2D eigenvalue weighted by atomic mass is 10.0. The SMILES string of the molecule is COc1cc2c(cc1OCc1cc(COc3cc4c(cc3OC)C(=O)N3c5ccccc5C[C@H]3CN4)cc(C(=O)N[C@@H](C)C(=O)N[C@@H](C)C(=O)NCCC(=O)ON3C(=O)CCC3=O)c1)N=C[C@@H]1Cc3ccccc3N1C2=O. The molecule has 0 unspecified atom stereocenters. The number of ether oxygens (including phenoxy) is 4. The van der Waals surface area contributed by atoms with Gasteiger partial charge in [0.05, 0.1) is 55.2 Å². The highest BCUT2D eigenvalue weighted by molar-refractivity contribution is 6.15. The Hall–Kier alpha value is -9.27. The first-order valence-corrected chi connectivity index (χ1v) is 25.1. The molecule has 10 rings (SSSR count). The van der Waals surface area contributed by atoms with E-state index in [1.165, 1.54) is 28.1 Å². The van der Waals surface area contributed by atoms with Gasteiger partial charge in [-0.3, -0.25) is 43.5 Å². The highest BCUT2D eigenvalue weighted by atomic mass is 16.7. The molecule has 0 aromatic heterocycles. The summed E-state index contributed by atoms with van der Waals surface area (Å²) < 4.78 is 24.3. The van der Waals surface area contributed by atoms with Crippen LogP contribution in [0, 0.1) is 0 Å². The molecule has 21 heteroatoms. The van der Waals surface area contributed by atoms with Crippen LogP contribution < -0.4 is 50.0 Å². The van der Waals surface area contributed by atoms with Gasteiger partial charge in [-0.15, -0.1) is 5.06 Å². The molecule has 1 fully saturated rings. The third-order valence-corrected chi connectivity index (χ3v) is 13.9. The van der Waals surface area contributed by atoms with Crippen LogP contribution in [-0.2, 0) is 54.9 Å². The Bertz CT molecular complexity index is 3290. The number of fused-ring (bicyclic) bond motifs is 8. The van der Waals surface area contributed by atoms with Gasteiger partial charge in [-0.1, -0.05) is 36.4 Å². The Morgan fingerprint density at radius 2 is 1.29 bits per heavy atom. The Morgan fingerprint density at radius 1 is 0.688 bits per heavy atom. The number of rotatable bonds is 17. The van der Waals surface area contributed by atoms with Crippen LogP contribution in [0.3, 0.4) is 0 Å². The van der Waals surface area contributed by atoms with Gasteiger partial charge in [-0.05, 0) is 85.0 Å². The van der Waals surface area contributed by atoms with Crippen LogP contribution >= 0.6 is 0 Å². The molecule has 5 aliphatic rings. The lowest BCUT2D eigenvalue weighted by molar-refractivity contribution is -0.197. The summed E-state index contributed by atoms with van der Waals surface area (Å²) in [4.78, 5) is 117. The maximum absolute atomic E-state index is 14.1. The summed E-state index contributed by atoms with van der Waals surface area (Å²) in [6.07, 6.45) is 2.61. The summed E-state index contributed by atoms with van der Waals surface area (Å²) in [5.74, 6) is -3.36. The molecule has 0 radical (unpaired) electrons. The van der Waals surface area contributed by atoms with Gasteiger partial charge in [0.1, 0.15) is 25.3 Å². The van der Waals surface area contributed by atoms with Crippen LogP contribution in [0.1, 0.15) is 86.4 Å². The average molecular weight is 1050 g/mol. The second-order valence-electron chi connectivity index (χ2n) is 19.1. The predicted octanol–water partition coefficient (Wildman–Crippen LogP) is 4.88. The van der Waals surface area contributed by atoms with E-state index < -0.39 is 47.6 Å². The fourth-order valence-corrected chi connectivity index (χ4v) is 9.98. The number of carbonyl (C=O) groups is 8. The first kappa shape index (κ1) is 51.2. The third kappa shape index (κ3) is 10.4. The molecule has 396 valence electrons. The summed E-state index contributed by atoms with van der Waals surface area (Å²) in [6.45, 7) is 2.95. The minimum atomic E-state index is -1.15. The number of hydrogen-bond donors (Lipinski definition) is 4. The largest absolute Gasteiger partial charge is 0.493 e. The first-order valence-electron chi connectivity index (χ1n) is 25.1. The lowest BCUT2D eigenvalue weighted by Gasteiger charge is -2.22. The number of anilines is 3. The fraction of sp³-hybridized carbons (Fsp3) is 0.304. The average Bonchev–Trinajstić information content (AvgIpc) is 4.05. The number of aliphatic imine (C=N–C) groups is 1. The Labute approximate surface area is 441 Å². The van der Waals surface area contributed by atoms with Crippen molar-refractivity contribution in [2.45, 2.75) is 83.3 Å². The van der Waals surface area contributed by atoms with Crippen LogP contribution in [0.2, 0.25) is 0 Å². The molecular weight excluding hydrogens is 993 g/mol. The number of imide groups is 1. The molecule has 21 nitrogen and oxygen atoms in total. The number of amides is 7. The van der Waals surface area contributed by atoms with Crippen LogP contribution in [0.15, 0.2) is 96.0 Å². The van der Waals surface area contributed by atoms with E-state index in [0.29, 0.717) is 69.6 Å². The molecule has 5 heterocycles. The van der Waals surface area contributed by atoms with E-state index in [2.05, 4.69) is 21.3 Å². The van der Waals surface area contributed by atoms with Crippen molar-refractivity contribution in [1.29, 1.82) is 0 Å². The van der Waals surface area contributed by atoms with Crippen molar-refractivity contribution in [2.24, 2.45) is 4.99 Å². The summed E-state index contributed by atoms with van der Waals surface area (Å²) in [5, 5.41) is 11.6. The molecule has 4 N–H and O–H groups in total. The van der Waals surface area contributed by atoms with E-state index in [9.17, 15) is 38.4 Å². The molecule has 4 atom stereocenters. The van der Waals surface area contributed by atoms with Crippen molar-refractivity contribution in [1.82, 2.24) is 21.0 Å². The minimum absolute atomic E-state index is 0.0621. The number of methoxy groups -OCH3 is 2. The van der Waals surface area contributed by atoms with Gasteiger partial charge < -0.3 is 50.0 Å². The zero-order chi connectivity index (χ0) is 54.1. The molecule has 1 saturated heterocycles. The summed E-state index contributed by atoms with van der Waals surface area (Å²) in [5.41, 5.74) is 6.72. The zero-order valence-corrected chi connectivity index (χ0v) is 42.5. The molecule has 5 aliphatic heterocycles. The van der Waals surface area contributed by atoms with Gasteiger partial charge in [0.2, 0.25) is 11.8 Å². The summed E-state index contributed by atoms with van der Waals surface area (Å²) in [7, 11) is 2.94. The molecule has 0 bridgehead atoms. The van der Waals surface area contributed by atoms with E-state index in [-0.39, 0.29) is 80.0 Å². The maximum atomic E-state index is 14.1. The number of hydroxylamine groups is 2. The molecule has 0 aliphatic carbocycles. The van der Waals surface area contributed by atoms with Crippen LogP contribution in [-0.4, -0.2) is 110 Å². The van der Waals surface area contributed by atoms with E-state index in [1.54, 1.807) is 53.6 Å². The number of benzene rings is 5. The van der Waals surface area contributed by atoms with Crippen molar-refractivity contribution < 1.29 is 62.1 Å². The Kier molecular flexibility index (Phi) is 14.3. The number of carbonyl (C=O) groups excluding carboxylic acids is 8. The lowest BCUT2D eigenvalue weighted by Crippen LogP contribution is -2.51. The standard InChI is InChI=1S/C56H54N8O13/c1-30(52(68)57-16-15-51(67)77-64-49(65)13-14-50(64)66)60-53(69)31(2)61-54(70)36-18-32(28-75-47-24-41-39(22-45(47)73-3)55(71)62-37(26-58-41)20-34-9-5-7-11-43(34)62)17-33(19-36)29-76-48-25-42-40(23-46(48)74-4)56(72)63-38(27-59-42)21-35-10-6-8-12-44(35)63/h5-12,17-19,22-26,30-31,37-38,59H,13-16,20-21,27-29H2,1-4H3,(H,57,68)(H,60,69)(H,61,70)/t30-,31-,37-,38-/m0/s1. The Morgan fingerprint density at radius 3 is 1.96 bits per heavy atom. The minimum Gasteiger partial charge on any atom is -0.493 e. The van der Waals surface area contributed by atoms with Crippen LogP contribution in [0.4, 0.5) is 22.7 Å². The fourth-order valence-electron chi connectivity index (χ4n) is 9.98. The second kappa shape index (κ2) is 21.5. The Balaban J connectivity index is 0.853. The van der Waals surface area contributed by atoms with E-state index in [1.807, 2.05) is 53.4 Å². The van der Waals surface area contributed by atoms with Gasteiger partial charge in [0.25, 0.3) is 29.5 Å². The van der Waals surface area contributed by atoms with Gasteiger partial charge >= 0.3 is 5.97 Å². The van der Waals surface area contributed by atoms with E-state index in [0.717, 1.165) is 22.5 Å². The normalized spacial score (nSPS) is 17.5. The summed E-state index contributed by atoms with van der Waals surface area (Å²) in [6, 6.07) is 24.6. The highest BCUT2D eigenvalue weighted by Gasteiger charge is 2.39. The van der Waals surface area contributed by atoms with Gasteiger partial charge in [0, 0.05) is 67.6 Å². The molecule has 5 aromatic rings. The quantitative estimate of drug-likeness (QED) is 0.0907. The number of nitrogens with zero attached hydrogens (tertiary/aromatic N) is 4. The van der Waals surface area contributed by atoms with E-state index >= 15 is 0 Å². The van der Waals surface area contributed by atoms with Crippen molar-refractivity contribution in [3.8, 4) is 23.0 Å². The van der Waals surface area contributed by atoms with Crippen molar-refractivity contribution in [3.63, 3.8) is 0 Å². The van der Waals surface area contributed by atoms with Crippen molar-refractivity contribution in [2.75, 3.05) is 42.4 Å².